The first-order chi connectivity index (χ1) is 13.9. The second kappa shape index (κ2) is 8.68. The summed E-state index contributed by atoms with van der Waals surface area (Å²) < 4.78 is 31.8. The van der Waals surface area contributed by atoms with Crippen molar-refractivity contribution in [2.45, 2.75) is 0 Å². The lowest BCUT2D eigenvalue weighted by atomic mass is 10.1. The van der Waals surface area contributed by atoms with Crippen LogP contribution in [0.25, 0.3) is 0 Å². The molecule has 1 N–H and O–H groups in total. The standard InChI is InChI=1S/C20H19F2N3O4/c1-29-19(27)16-6-5-15(12-17(16)22)23-20(28)25-9-7-24(8-10-25)18(26)13-3-2-4-14(21)11-13/h2-6,11-12H,7-10H2,1H3,(H,23,28). The van der Waals surface area contributed by atoms with Crippen LogP contribution in [-0.2, 0) is 4.74 Å². The first kappa shape index (κ1) is 20.2. The third-order valence-electron chi connectivity index (χ3n) is 4.55. The Labute approximate surface area is 165 Å². The van der Waals surface area contributed by atoms with Crippen LogP contribution >= 0.6 is 0 Å². The topological polar surface area (TPSA) is 79.0 Å². The average molecular weight is 403 g/mol. The molecule has 29 heavy (non-hydrogen) atoms. The largest absolute Gasteiger partial charge is 0.465 e. The van der Waals surface area contributed by atoms with Crippen LogP contribution in [0.5, 0.6) is 0 Å². The van der Waals surface area contributed by atoms with Crippen LogP contribution in [0.3, 0.4) is 0 Å². The van der Waals surface area contributed by atoms with Gasteiger partial charge in [-0.3, -0.25) is 4.79 Å². The fraction of sp³-hybridized carbons (Fsp3) is 0.250. The van der Waals surface area contributed by atoms with Gasteiger partial charge >= 0.3 is 12.0 Å². The van der Waals surface area contributed by atoms with Gasteiger partial charge in [0, 0.05) is 37.4 Å². The van der Waals surface area contributed by atoms with Crippen molar-refractivity contribution in [2.75, 3.05) is 38.6 Å². The minimum absolute atomic E-state index is 0.193. The van der Waals surface area contributed by atoms with E-state index in [4.69, 9.17) is 0 Å². The molecular weight excluding hydrogens is 384 g/mol. The number of amides is 3. The number of hydrogen-bond donors (Lipinski definition) is 1. The van der Waals surface area contributed by atoms with Crippen LogP contribution in [0.15, 0.2) is 42.5 Å². The molecule has 9 heteroatoms. The second-order valence-corrected chi connectivity index (χ2v) is 6.41. The van der Waals surface area contributed by atoms with Crippen molar-refractivity contribution in [1.82, 2.24) is 9.80 Å². The Hall–Kier alpha value is -3.49. The average Bonchev–Trinajstić information content (AvgIpc) is 2.73. The number of urea groups is 1. The molecule has 0 aliphatic carbocycles. The monoisotopic (exact) mass is 403 g/mol. The lowest BCUT2D eigenvalue weighted by Crippen LogP contribution is -2.51. The lowest BCUT2D eigenvalue weighted by molar-refractivity contribution is 0.0595. The minimum Gasteiger partial charge on any atom is -0.465 e. The molecule has 1 fully saturated rings. The van der Waals surface area contributed by atoms with Gasteiger partial charge in [-0.25, -0.2) is 18.4 Å². The van der Waals surface area contributed by atoms with Crippen LogP contribution in [0.4, 0.5) is 19.3 Å². The molecule has 1 aliphatic rings. The van der Waals surface area contributed by atoms with E-state index in [1.165, 1.54) is 41.3 Å². The van der Waals surface area contributed by atoms with Gasteiger partial charge in [0.1, 0.15) is 11.6 Å². The Kier molecular flexibility index (Phi) is 6.06. The van der Waals surface area contributed by atoms with Gasteiger partial charge < -0.3 is 19.9 Å². The quantitative estimate of drug-likeness (QED) is 0.800. The number of carbonyl (C=O) groups is 3. The van der Waals surface area contributed by atoms with Gasteiger partial charge in [0.25, 0.3) is 5.91 Å². The second-order valence-electron chi connectivity index (χ2n) is 6.41. The number of carbonyl (C=O) groups excluding carboxylic acids is 3. The highest BCUT2D eigenvalue weighted by Crippen LogP contribution is 2.17. The van der Waals surface area contributed by atoms with E-state index in [0.29, 0.717) is 13.1 Å². The predicted molar refractivity (Wildman–Crippen MR) is 101 cm³/mol. The fourth-order valence-corrected chi connectivity index (χ4v) is 2.99. The number of nitrogens with one attached hydrogen (secondary N) is 1. The zero-order valence-corrected chi connectivity index (χ0v) is 15.7. The van der Waals surface area contributed by atoms with Crippen molar-refractivity contribution in [3.8, 4) is 0 Å². The van der Waals surface area contributed by atoms with E-state index >= 15 is 0 Å². The highest BCUT2D eigenvalue weighted by molar-refractivity contribution is 5.95. The van der Waals surface area contributed by atoms with Gasteiger partial charge in [-0.05, 0) is 36.4 Å². The normalized spacial score (nSPS) is 13.8. The summed E-state index contributed by atoms with van der Waals surface area (Å²) in [6.07, 6.45) is 0. The van der Waals surface area contributed by atoms with Gasteiger partial charge in [-0.15, -0.1) is 0 Å². The molecule has 1 heterocycles. The van der Waals surface area contributed by atoms with Crippen molar-refractivity contribution >= 4 is 23.6 Å². The molecule has 2 aromatic carbocycles. The van der Waals surface area contributed by atoms with Crippen LogP contribution in [0, 0.1) is 11.6 Å². The first-order valence-corrected chi connectivity index (χ1v) is 8.87. The van der Waals surface area contributed by atoms with E-state index in [-0.39, 0.29) is 35.8 Å². The Balaban J connectivity index is 1.57. The fourth-order valence-electron chi connectivity index (χ4n) is 2.99. The maximum atomic E-state index is 14.0. The summed E-state index contributed by atoms with van der Waals surface area (Å²) in [6, 6.07) is 8.66. The summed E-state index contributed by atoms with van der Waals surface area (Å²) >= 11 is 0. The zero-order valence-electron chi connectivity index (χ0n) is 15.7. The van der Waals surface area contributed by atoms with Gasteiger partial charge in [-0.1, -0.05) is 6.07 Å². The van der Waals surface area contributed by atoms with Gasteiger partial charge in [0.15, 0.2) is 0 Å². The Morgan fingerprint density at radius 1 is 0.966 bits per heavy atom. The molecule has 0 spiro atoms. The molecule has 0 unspecified atom stereocenters. The number of methoxy groups -OCH3 is 1. The summed E-state index contributed by atoms with van der Waals surface area (Å²) in [5.41, 5.74) is 0.220. The summed E-state index contributed by atoms with van der Waals surface area (Å²) in [7, 11) is 1.15. The smallest absolute Gasteiger partial charge is 0.340 e. The van der Waals surface area contributed by atoms with Crippen LogP contribution in [0.1, 0.15) is 20.7 Å². The molecule has 0 aromatic heterocycles. The molecular formula is C20H19F2N3O4. The van der Waals surface area contributed by atoms with E-state index in [1.54, 1.807) is 4.90 Å². The molecule has 0 bridgehead atoms. The number of rotatable bonds is 3. The van der Waals surface area contributed by atoms with E-state index in [1.807, 2.05) is 0 Å². The number of halogens is 2. The Bertz CT molecular complexity index is 943. The molecule has 7 nitrogen and oxygen atoms in total. The van der Waals surface area contributed by atoms with E-state index in [9.17, 15) is 23.2 Å². The van der Waals surface area contributed by atoms with Crippen LogP contribution < -0.4 is 5.32 Å². The van der Waals surface area contributed by atoms with Crippen molar-refractivity contribution in [1.29, 1.82) is 0 Å². The van der Waals surface area contributed by atoms with Crippen molar-refractivity contribution in [3.05, 3.63) is 65.2 Å². The molecule has 3 amide bonds. The van der Waals surface area contributed by atoms with E-state index in [0.717, 1.165) is 13.2 Å². The lowest BCUT2D eigenvalue weighted by Gasteiger charge is -2.34. The molecule has 0 atom stereocenters. The number of anilines is 1. The molecule has 2 aromatic rings. The van der Waals surface area contributed by atoms with Crippen LogP contribution in [-0.4, -0.2) is 61.0 Å². The number of ether oxygens (including phenoxy) is 1. The number of hydrogen-bond acceptors (Lipinski definition) is 4. The maximum absolute atomic E-state index is 14.0. The number of piperazine rings is 1. The minimum atomic E-state index is -0.806. The summed E-state index contributed by atoms with van der Waals surface area (Å²) in [6.45, 7) is 1.13. The number of nitrogens with zero attached hydrogens (tertiary/aromatic N) is 2. The van der Waals surface area contributed by atoms with Gasteiger partial charge in [-0.2, -0.15) is 0 Å². The molecule has 0 saturated carbocycles. The number of esters is 1. The predicted octanol–water partition coefficient (Wildman–Crippen LogP) is 2.74. The number of benzene rings is 2. The van der Waals surface area contributed by atoms with Crippen molar-refractivity contribution in [3.63, 3.8) is 0 Å². The molecule has 1 aliphatic heterocycles. The zero-order chi connectivity index (χ0) is 21.0. The van der Waals surface area contributed by atoms with Crippen molar-refractivity contribution in [2.24, 2.45) is 0 Å². The van der Waals surface area contributed by atoms with Gasteiger partial charge in [0.2, 0.25) is 0 Å². The third-order valence-corrected chi connectivity index (χ3v) is 4.55. The highest BCUT2D eigenvalue weighted by atomic mass is 19.1. The highest BCUT2D eigenvalue weighted by Gasteiger charge is 2.25. The van der Waals surface area contributed by atoms with E-state index < -0.39 is 23.6 Å². The molecule has 0 radical (unpaired) electrons. The van der Waals surface area contributed by atoms with Crippen molar-refractivity contribution < 1.29 is 27.9 Å². The molecule has 1 saturated heterocycles. The Morgan fingerprint density at radius 3 is 2.28 bits per heavy atom. The van der Waals surface area contributed by atoms with Gasteiger partial charge in [0.05, 0.1) is 12.7 Å². The maximum Gasteiger partial charge on any atom is 0.340 e. The first-order valence-electron chi connectivity index (χ1n) is 8.87. The summed E-state index contributed by atoms with van der Waals surface area (Å²) in [4.78, 5) is 39.3. The Morgan fingerprint density at radius 2 is 1.66 bits per heavy atom. The SMILES string of the molecule is COC(=O)c1ccc(NC(=O)N2CCN(C(=O)c3cccc(F)c3)CC2)cc1F. The molecule has 3 rings (SSSR count). The summed E-state index contributed by atoms with van der Waals surface area (Å²) in [5, 5.41) is 2.56. The molecule has 152 valence electrons. The summed E-state index contributed by atoms with van der Waals surface area (Å²) in [5.74, 6) is -2.40. The third kappa shape index (κ3) is 4.68. The van der Waals surface area contributed by atoms with Crippen LogP contribution in [0.2, 0.25) is 0 Å². The van der Waals surface area contributed by atoms with E-state index in [2.05, 4.69) is 10.1 Å².